The summed E-state index contributed by atoms with van der Waals surface area (Å²) in [6, 6.07) is 0. The van der Waals surface area contributed by atoms with E-state index in [-0.39, 0.29) is 11.2 Å². The van der Waals surface area contributed by atoms with E-state index in [9.17, 15) is 10.2 Å². The Hall–Kier alpha value is -0.0800. The summed E-state index contributed by atoms with van der Waals surface area (Å²) in [5, 5.41) is 21.3. The van der Waals surface area contributed by atoms with Gasteiger partial charge >= 0.3 is 0 Å². The van der Waals surface area contributed by atoms with E-state index in [4.69, 9.17) is 0 Å². The van der Waals surface area contributed by atoms with E-state index in [1.165, 1.54) is 25.7 Å². The Bertz CT molecular complexity index is 252. The minimum absolute atomic E-state index is 0.371. The Balaban J connectivity index is 1.81. The highest BCUT2D eigenvalue weighted by Crippen LogP contribution is 2.51. The van der Waals surface area contributed by atoms with E-state index >= 15 is 0 Å². The van der Waals surface area contributed by atoms with Gasteiger partial charge < -0.3 is 10.2 Å². The molecule has 0 heterocycles. The summed E-state index contributed by atoms with van der Waals surface area (Å²) in [4.78, 5) is 0. The lowest BCUT2D eigenvalue weighted by atomic mass is 9.71. The second-order valence-corrected chi connectivity index (χ2v) is 6.47. The lowest BCUT2D eigenvalue weighted by Gasteiger charge is -2.40. The summed E-state index contributed by atoms with van der Waals surface area (Å²) >= 11 is 0. The average molecular weight is 224 g/mol. The fraction of sp³-hybridized carbons (Fsp3) is 1.00. The van der Waals surface area contributed by atoms with Crippen LogP contribution in [0, 0.1) is 11.8 Å². The van der Waals surface area contributed by atoms with Crippen molar-refractivity contribution >= 4 is 0 Å². The molecule has 3 saturated carbocycles. The third-order valence-electron chi connectivity index (χ3n) is 5.63. The summed E-state index contributed by atoms with van der Waals surface area (Å²) in [6.45, 7) is 0. The van der Waals surface area contributed by atoms with Crippen molar-refractivity contribution in [2.45, 2.75) is 75.4 Å². The Morgan fingerprint density at radius 2 is 1.12 bits per heavy atom. The van der Waals surface area contributed by atoms with Gasteiger partial charge in [0, 0.05) is 0 Å². The zero-order valence-corrected chi connectivity index (χ0v) is 10.1. The van der Waals surface area contributed by atoms with Gasteiger partial charge in [0.2, 0.25) is 0 Å². The molecule has 2 N–H and O–H groups in total. The fourth-order valence-corrected chi connectivity index (χ4v) is 4.63. The van der Waals surface area contributed by atoms with Crippen molar-refractivity contribution in [1.82, 2.24) is 0 Å². The van der Waals surface area contributed by atoms with Crippen LogP contribution in [-0.2, 0) is 0 Å². The molecule has 92 valence electrons. The number of fused-ring (bicyclic) bond motifs is 2. The van der Waals surface area contributed by atoms with Crippen molar-refractivity contribution in [2.24, 2.45) is 11.8 Å². The first-order chi connectivity index (χ1) is 7.62. The molecule has 0 amide bonds. The molecular weight excluding hydrogens is 200 g/mol. The fourth-order valence-electron chi connectivity index (χ4n) is 4.63. The van der Waals surface area contributed by atoms with Crippen LogP contribution in [0.5, 0.6) is 0 Å². The van der Waals surface area contributed by atoms with Crippen LogP contribution in [0.2, 0.25) is 0 Å². The van der Waals surface area contributed by atoms with Crippen LogP contribution in [0.4, 0.5) is 0 Å². The summed E-state index contributed by atoms with van der Waals surface area (Å²) < 4.78 is 0. The van der Waals surface area contributed by atoms with Crippen molar-refractivity contribution in [3.63, 3.8) is 0 Å². The number of hydrogen-bond acceptors (Lipinski definition) is 2. The molecule has 3 rings (SSSR count). The van der Waals surface area contributed by atoms with Crippen LogP contribution in [0.1, 0.15) is 64.2 Å². The Morgan fingerprint density at radius 3 is 1.62 bits per heavy atom. The van der Waals surface area contributed by atoms with Crippen LogP contribution in [0.15, 0.2) is 0 Å². The number of rotatable bonds is 0. The van der Waals surface area contributed by atoms with E-state index < -0.39 is 0 Å². The molecule has 0 radical (unpaired) electrons. The first-order valence-electron chi connectivity index (χ1n) is 7.07. The first-order valence-corrected chi connectivity index (χ1v) is 7.07. The highest BCUT2D eigenvalue weighted by atomic mass is 16.3. The Kier molecular flexibility index (Phi) is 2.56. The van der Waals surface area contributed by atoms with Crippen molar-refractivity contribution in [3.8, 4) is 0 Å². The SMILES string of the molecule is O[C@]12CCC[C@@H]1C[C@H]1CCC[C@]1(O)CCC2. The van der Waals surface area contributed by atoms with Crippen LogP contribution in [-0.4, -0.2) is 21.4 Å². The summed E-state index contributed by atoms with van der Waals surface area (Å²) in [5.41, 5.74) is -0.742. The highest BCUT2D eigenvalue weighted by molar-refractivity contribution is 5.01. The third kappa shape index (κ3) is 1.62. The van der Waals surface area contributed by atoms with Crippen LogP contribution in [0.25, 0.3) is 0 Å². The predicted molar refractivity (Wildman–Crippen MR) is 63.0 cm³/mol. The molecule has 3 aliphatic rings. The van der Waals surface area contributed by atoms with E-state index in [1.807, 2.05) is 0 Å². The lowest BCUT2D eigenvalue weighted by molar-refractivity contribution is -0.0731. The van der Waals surface area contributed by atoms with E-state index in [1.54, 1.807) is 0 Å². The average Bonchev–Trinajstić information content (AvgIpc) is 2.73. The molecule has 0 unspecified atom stereocenters. The zero-order valence-electron chi connectivity index (χ0n) is 10.1. The molecule has 0 spiro atoms. The predicted octanol–water partition coefficient (Wildman–Crippen LogP) is 2.62. The molecular formula is C14H24O2. The smallest absolute Gasteiger partial charge is 0.0676 e. The largest absolute Gasteiger partial charge is 0.390 e. The molecule has 16 heavy (non-hydrogen) atoms. The van der Waals surface area contributed by atoms with Crippen LogP contribution < -0.4 is 0 Å². The zero-order chi connectivity index (χ0) is 11.2. The maximum atomic E-state index is 10.6. The standard InChI is InChI=1S/C14H24O2/c15-13-6-1-4-11(13)10-12-5-2-7-14(12,16)9-3-8-13/h11-12,15-16H,1-10H2/t11-,12-,13+,14+/m1/s1. The van der Waals surface area contributed by atoms with Gasteiger partial charge in [-0.2, -0.15) is 0 Å². The molecule has 0 saturated heterocycles. The van der Waals surface area contributed by atoms with E-state index in [2.05, 4.69) is 0 Å². The normalized spacial score (nSPS) is 52.9. The molecule has 3 aliphatic carbocycles. The molecule has 4 atom stereocenters. The topological polar surface area (TPSA) is 40.5 Å². The van der Waals surface area contributed by atoms with Crippen molar-refractivity contribution in [3.05, 3.63) is 0 Å². The van der Waals surface area contributed by atoms with Crippen LogP contribution >= 0.6 is 0 Å². The molecule has 0 aromatic rings. The summed E-state index contributed by atoms with van der Waals surface area (Å²) in [7, 11) is 0. The monoisotopic (exact) mass is 224 g/mol. The molecule has 2 nitrogen and oxygen atoms in total. The van der Waals surface area contributed by atoms with Gasteiger partial charge in [-0.3, -0.25) is 0 Å². The van der Waals surface area contributed by atoms with Gasteiger partial charge in [0.15, 0.2) is 0 Å². The molecule has 0 aromatic carbocycles. The minimum atomic E-state index is -0.371. The third-order valence-corrected chi connectivity index (χ3v) is 5.63. The maximum absolute atomic E-state index is 10.6. The second-order valence-electron chi connectivity index (χ2n) is 6.47. The van der Waals surface area contributed by atoms with Crippen molar-refractivity contribution in [1.29, 1.82) is 0 Å². The van der Waals surface area contributed by atoms with Crippen LogP contribution in [0.3, 0.4) is 0 Å². The van der Waals surface area contributed by atoms with E-state index in [0.717, 1.165) is 38.5 Å². The van der Waals surface area contributed by atoms with E-state index in [0.29, 0.717) is 11.8 Å². The maximum Gasteiger partial charge on any atom is 0.0676 e. The molecule has 0 bridgehead atoms. The number of aliphatic hydroxyl groups is 2. The first kappa shape index (κ1) is 11.0. The summed E-state index contributed by atoms with van der Waals surface area (Å²) in [5.74, 6) is 0.949. The van der Waals surface area contributed by atoms with Gasteiger partial charge in [0.05, 0.1) is 11.2 Å². The Labute approximate surface area is 98.1 Å². The van der Waals surface area contributed by atoms with Gasteiger partial charge in [-0.25, -0.2) is 0 Å². The summed E-state index contributed by atoms with van der Waals surface area (Å²) in [6.07, 6.45) is 10.7. The van der Waals surface area contributed by atoms with Crippen molar-refractivity contribution in [2.75, 3.05) is 0 Å². The van der Waals surface area contributed by atoms with Gasteiger partial charge in [-0.15, -0.1) is 0 Å². The highest BCUT2D eigenvalue weighted by Gasteiger charge is 2.49. The van der Waals surface area contributed by atoms with Gasteiger partial charge in [0.1, 0.15) is 0 Å². The van der Waals surface area contributed by atoms with Gasteiger partial charge in [0.25, 0.3) is 0 Å². The second kappa shape index (κ2) is 3.71. The molecule has 2 heteroatoms. The molecule has 3 fully saturated rings. The molecule has 0 aliphatic heterocycles. The minimum Gasteiger partial charge on any atom is -0.390 e. The van der Waals surface area contributed by atoms with Gasteiger partial charge in [-0.1, -0.05) is 12.8 Å². The lowest BCUT2D eigenvalue weighted by Crippen LogP contribution is -2.42. The molecule has 0 aromatic heterocycles. The number of hydrogen-bond donors (Lipinski definition) is 2. The quantitative estimate of drug-likeness (QED) is 0.664. The van der Waals surface area contributed by atoms with Crippen molar-refractivity contribution < 1.29 is 10.2 Å². The van der Waals surface area contributed by atoms with Gasteiger partial charge in [-0.05, 0) is 63.2 Å². The Morgan fingerprint density at radius 1 is 0.688 bits per heavy atom.